The molecule has 1 amide bonds. The lowest BCUT2D eigenvalue weighted by atomic mass is 10.0. The zero-order valence-corrected chi connectivity index (χ0v) is 30.6. The number of unbranched alkanes of at least 4 members (excludes halogenated alkanes) is 21. The molecule has 0 rings (SSSR count). The largest absolute Gasteiger partial charge is 0.472 e. The highest BCUT2D eigenvalue weighted by Crippen LogP contribution is 2.43. The van der Waals surface area contributed by atoms with Gasteiger partial charge in [-0.1, -0.05) is 155 Å². The third-order valence-electron chi connectivity index (χ3n) is 8.42. The van der Waals surface area contributed by atoms with Crippen molar-refractivity contribution in [3.05, 3.63) is 0 Å². The number of likely N-dealkylation sites (N-methyl/N-ethyl adjacent to an activating group) is 1. The molecule has 0 heterocycles. The first-order valence-electron chi connectivity index (χ1n) is 18.4. The van der Waals surface area contributed by atoms with Crippen molar-refractivity contribution in [1.29, 1.82) is 0 Å². The minimum absolute atomic E-state index is 0.0747. The summed E-state index contributed by atoms with van der Waals surface area (Å²) in [5.74, 6) is -0.231. The Morgan fingerprint density at radius 3 is 1.43 bits per heavy atom. The van der Waals surface area contributed by atoms with Gasteiger partial charge < -0.3 is 19.8 Å². The summed E-state index contributed by atoms with van der Waals surface area (Å²) in [5.41, 5.74) is 0. The van der Waals surface area contributed by atoms with E-state index < -0.39 is 20.0 Å². The zero-order chi connectivity index (χ0) is 32.9. The van der Waals surface area contributed by atoms with Crippen LogP contribution in [0, 0.1) is 0 Å². The molecule has 0 bridgehead atoms. The average Bonchev–Trinajstić information content (AvgIpc) is 2.96. The van der Waals surface area contributed by atoms with Gasteiger partial charge in [0.1, 0.15) is 13.2 Å². The molecule has 264 valence electrons. The minimum Gasteiger partial charge on any atom is -0.391 e. The Morgan fingerprint density at radius 1 is 0.682 bits per heavy atom. The lowest BCUT2D eigenvalue weighted by molar-refractivity contribution is -0.870. The third-order valence-corrected chi connectivity index (χ3v) is 9.40. The summed E-state index contributed by atoms with van der Waals surface area (Å²) < 4.78 is 23.0. The summed E-state index contributed by atoms with van der Waals surface area (Å²) >= 11 is 0. The molecule has 0 spiro atoms. The van der Waals surface area contributed by atoms with Gasteiger partial charge in [-0.05, 0) is 6.42 Å². The van der Waals surface area contributed by atoms with Gasteiger partial charge >= 0.3 is 7.82 Å². The van der Waals surface area contributed by atoms with Crippen LogP contribution in [0.3, 0.4) is 0 Å². The molecule has 0 aromatic heterocycles. The van der Waals surface area contributed by atoms with Crippen LogP contribution in [0.1, 0.15) is 168 Å². The molecule has 0 aromatic rings. The number of nitrogens with one attached hydrogen (secondary N) is 1. The van der Waals surface area contributed by atoms with Gasteiger partial charge in [-0.2, -0.15) is 0 Å². The molecule has 44 heavy (non-hydrogen) atoms. The van der Waals surface area contributed by atoms with Crippen molar-refractivity contribution in [3.63, 3.8) is 0 Å². The lowest BCUT2D eigenvalue weighted by Gasteiger charge is -2.26. The summed E-state index contributed by atoms with van der Waals surface area (Å²) in [4.78, 5) is 22.0. The molecule has 0 radical (unpaired) electrons. The maximum absolute atomic E-state index is 12.3. The highest BCUT2D eigenvalue weighted by atomic mass is 31.2. The number of quaternary nitrogens is 1. The predicted molar refractivity (Wildman–Crippen MR) is 185 cm³/mol. The maximum Gasteiger partial charge on any atom is 0.472 e. The normalized spacial score (nSPS) is 14.8. The van der Waals surface area contributed by atoms with E-state index in [0.29, 0.717) is 17.4 Å². The van der Waals surface area contributed by atoms with Crippen LogP contribution in [0.5, 0.6) is 0 Å². The summed E-state index contributed by atoms with van der Waals surface area (Å²) in [6.07, 6.45) is 29.2. The van der Waals surface area contributed by atoms with Crippen LogP contribution in [0.25, 0.3) is 0 Å². The highest BCUT2D eigenvalue weighted by Gasteiger charge is 2.28. The van der Waals surface area contributed by atoms with E-state index in [2.05, 4.69) is 12.2 Å². The molecule has 3 unspecified atom stereocenters. The molecule has 3 N–H and O–H groups in total. The highest BCUT2D eigenvalue weighted by molar-refractivity contribution is 7.47. The first-order chi connectivity index (χ1) is 21.0. The van der Waals surface area contributed by atoms with E-state index in [4.69, 9.17) is 9.05 Å². The Balaban J connectivity index is 3.79. The van der Waals surface area contributed by atoms with Crippen molar-refractivity contribution < 1.29 is 32.9 Å². The number of hydrogen-bond donors (Lipinski definition) is 3. The molecule has 8 nitrogen and oxygen atoms in total. The van der Waals surface area contributed by atoms with Crippen molar-refractivity contribution in [2.24, 2.45) is 0 Å². The fraction of sp³-hybridized carbons (Fsp3) is 0.971. The van der Waals surface area contributed by atoms with Crippen molar-refractivity contribution >= 4 is 13.7 Å². The Bertz CT molecular complexity index is 703. The Kier molecular flexibility index (Phi) is 28.4. The van der Waals surface area contributed by atoms with Crippen LogP contribution >= 0.6 is 7.82 Å². The number of carbonyl (C=O) groups excluding carboxylic acids is 1. The number of rotatable bonds is 33. The number of amides is 1. The van der Waals surface area contributed by atoms with E-state index >= 15 is 0 Å². The van der Waals surface area contributed by atoms with Gasteiger partial charge in [0.2, 0.25) is 5.91 Å². The SMILES string of the molecule is CCCCCCCCCCCCCCCCCCCCCCCCC(O)C(COP(=O)(O)OCC[N+](C)(C)C)NC(=O)CC. The van der Waals surface area contributed by atoms with Crippen molar-refractivity contribution in [2.45, 2.75) is 180 Å². The van der Waals surface area contributed by atoms with E-state index in [1.807, 2.05) is 21.1 Å². The van der Waals surface area contributed by atoms with Gasteiger partial charge in [0.05, 0.1) is 39.9 Å². The minimum atomic E-state index is -4.27. The van der Waals surface area contributed by atoms with Crippen LogP contribution in [0.4, 0.5) is 0 Å². The van der Waals surface area contributed by atoms with E-state index in [0.717, 1.165) is 19.3 Å². The van der Waals surface area contributed by atoms with Gasteiger partial charge in [0, 0.05) is 6.42 Å². The van der Waals surface area contributed by atoms with E-state index in [1.165, 1.54) is 122 Å². The molecular weight excluding hydrogens is 575 g/mol. The third kappa shape index (κ3) is 30.2. The smallest absolute Gasteiger partial charge is 0.391 e. The van der Waals surface area contributed by atoms with Crippen molar-refractivity contribution in [1.82, 2.24) is 5.32 Å². The van der Waals surface area contributed by atoms with Gasteiger partial charge in [-0.25, -0.2) is 4.57 Å². The number of aliphatic hydroxyl groups excluding tert-OH is 1. The zero-order valence-electron chi connectivity index (χ0n) is 29.7. The molecule has 0 fully saturated rings. The molecule has 0 saturated heterocycles. The first-order valence-corrected chi connectivity index (χ1v) is 19.9. The molecule has 0 aliphatic heterocycles. The van der Waals surface area contributed by atoms with Gasteiger partial charge in [-0.3, -0.25) is 13.8 Å². The Hall–Kier alpha value is -0.500. The van der Waals surface area contributed by atoms with E-state index in [9.17, 15) is 19.4 Å². The monoisotopic (exact) mass is 650 g/mol. The van der Waals surface area contributed by atoms with Crippen LogP contribution in [0.2, 0.25) is 0 Å². The Morgan fingerprint density at radius 2 is 1.07 bits per heavy atom. The molecule has 0 aliphatic carbocycles. The molecule has 0 aromatic carbocycles. The number of phosphoric ester groups is 1. The van der Waals surface area contributed by atoms with Crippen LogP contribution in [-0.4, -0.2) is 73.4 Å². The van der Waals surface area contributed by atoms with E-state index in [1.54, 1.807) is 6.92 Å². The molecule has 9 heteroatoms. The fourth-order valence-corrected chi connectivity index (χ4v) is 6.10. The second kappa shape index (κ2) is 28.7. The first kappa shape index (κ1) is 43.5. The second-order valence-electron chi connectivity index (χ2n) is 13.9. The predicted octanol–water partition coefficient (Wildman–Crippen LogP) is 9.07. The van der Waals surface area contributed by atoms with Crippen LogP contribution in [-0.2, 0) is 18.4 Å². The number of aliphatic hydroxyl groups is 1. The quantitative estimate of drug-likeness (QED) is 0.0372. The van der Waals surface area contributed by atoms with Gasteiger partial charge in [0.25, 0.3) is 0 Å². The summed E-state index contributed by atoms with van der Waals surface area (Å²) in [7, 11) is 1.61. The van der Waals surface area contributed by atoms with Crippen LogP contribution < -0.4 is 5.32 Å². The van der Waals surface area contributed by atoms with E-state index in [-0.39, 0.29) is 25.5 Å². The summed E-state index contributed by atoms with van der Waals surface area (Å²) in [6, 6.07) is -0.750. The number of nitrogens with zero attached hydrogens (tertiary/aromatic N) is 1. The summed E-state index contributed by atoms with van der Waals surface area (Å²) in [6.45, 7) is 4.36. The Labute approximate surface area is 272 Å². The van der Waals surface area contributed by atoms with Crippen molar-refractivity contribution in [3.8, 4) is 0 Å². The standard InChI is InChI=1S/C35H73N2O6P/c1-6-8-9-10-11-12-13-14-15-16-17-18-19-20-21-22-23-24-25-26-27-28-29-34(38)33(36-35(39)7-2)32-43-44(40,41)42-31-30-37(3,4)5/h33-34,38H,6-32H2,1-5H3,(H-,36,39,40,41)/p+1. The van der Waals surface area contributed by atoms with Crippen LogP contribution in [0.15, 0.2) is 0 Å². The number of carbonyl (C=O) groups is 1. The molecule has 0 aliphatic rings. The summed E-state index contributed by atoms with van der Waals surface area (Å²) in [5, 5.41) is 13.4. The number of phosphoric acid groups is 1. The fourth-order valence-electron chi connectivity index (χ4n) is 5.36. The number of hydrogen-bond acceptors (Lipinski definition) is 5. The van der Waals surface area contributed by atoms with Crippen molar-refractivity contribution in [2.75, 3.05) is 40.9 Å². The second-order valence-corrected chi connectivity index (χ2v) is 15.4. The van der Waals surface area contributed by atoms with Gasteiger partial charge in [-0.15, -0.1) is 0 Å². The topological polar surface area (TPSA) is 105 Å². The molecule has 3 atom stereocenters. The maximum atomic E-state index is 12.3. The molecule has 0 saturated carbocycles. The van der Waals surface area contributed by atoms with Gasteiger partial charge in [0.15, 0.2) is 0 Å². The average molecular weight is 650 g/mol. The lowest BCUT2D eigenvalue weighted by Crippen LogP contribution is -2.46. The molecular formula is C35H74N2O6P+.